The van der Waals surface area contributed by atoms with Gasteiger partial charge in [0.15, 0.2) is 0 Å². The lowest BCUT2D eigenvalue weighted by Crippen LogP contribution is -2.08. The predicted octanol–water partition coefficient (Wildman–Crippen LogP) is 1.30. The summed E-state index contributed by atoms with van der Waals surface area (Å²) in [4.78, 5) is 8.54. The molecule has 0 bridgehead atoms. The van der Waals surface area contributed by atoms with Gasteiger partial charge in [0.25, 0.3) is 0 Å². The Morgan fingerprint density at radius 3 is 2.50 bits per heavy atom. The average Bonchev–Trinajstić information content (AvgIpc) is 2.58. The fourth-order valence-corrected chi connectivity index (χ4v) is 1.56. The molecule has 0 amide bonds. The number of rotatable bonds is 2. The van der Waals surface area contributed by atoms with Crippen LogP contribution in [0.5, 0.6) is 0 Å². The van der Waals surface area contributed by atoms with Gasteiger partial charge in [-0.05, 0) is 32.9 Å². The zero-order valence-electron chi connectivity index (χ0n) is 9.68. The molecule has 16 heavy (non-hydrogen) atoms. The van der Waals surface area contributed by atoms with Gasteiger partial charge >= 0.3 is 0 Å². The van der Waals surface area contributed by atoms with Crippen molar-refractivity contribution in [3.63, 3.8) is 0 Å². The molecular weight excluding hydrogens is 202 g/mol. The van der Waals surface area contributed by atoms with Crippen LogP contribution in [-0.4, -0.2) is 19.7 Å². The Morgan fingerprint density at radius 2 is 2.06 bits per heavy atom. The van der Waals surface area contributed by atoms with E-state index in [-0.39, 0.29) is 6.04 Å². The quantitative estimate of drug-likeness (QED) is 0.823. The third kappa shape index (κ3) is 1.94. The first-order valence-corrected chi connectivity index (χ1v) is 5.20. The van der Waals surface area contributed by atoms with Gasteiger partial charge in [-0.1, -0.05) is 0 Å². The third-order valence-electron chi connectivity index (χ3n) is 2.36. The molecule has 1 unspecified atom stereocenters. The van der Waals surface area contributed by atoms with Crippen LogP contribution in [0.15, 0.2) is 18.3 Å². The Morgan fingerprint density at radius 1 is 1.31 bits per heavy atom. The van der Waals surface area contributed by atoms with E-state index >= 15 is 0 Å². The monoisotopic (exact) mass is 217 g/mol. The Hall–Kier alpha value is -1.75. The summed E-state index contributed by atoms with van der Waals surface area (Å²) in [5.41, 5.74) is 7.52. The molecule has 0 fully saturated rings. The van der Waals surface area contributed by atoms with Crippen LogP contribution in [0.3, 0.4) is 0 Å². The molecule has 0 radical (unpaired) electrons. The molecule has 0 aromatic carbocycles. The lowest BCUT2D eigenvalue weighted by molar-refractivity contribution is 0.770. The minimum atomic E-state index is -0.0485. The molecule has 2 N–H and O–H groups in total. The summed E-state index contributed by atoms with van der Waals surface area (Å²) in [7, 11) is 0. The second-order valence-corrected chi connectivity index (χ2v) is 3.85. The zero-order valence-corrected chi connectivity index (χ0v) is 9.68. The van der Waals surface area contributed by atoms with Crippen LogP contribution in [0.1, 0.15) is 30.3 Å². The van der Waals surface area contributed by atoms with Crippen molar-refractivity contribution >= 4 is 0 Å². The van der Waals surface area contributed by atoms with E-state index in [9.17, 15) is 0 Å². The number of aromatic nitrogens is 4. The number of pyridine rings is 1. The lowest BCUT2D eigenvalue weighted by atomic mass is 10.2. The molecule has 2 aromatic rings. The van der Waals surface area contributed by atoms with Crippen molar-refractivity contribution in [2.24, 2.45) is 5.73 Å². The Kier molecular flexibility index (Phi) is 2.70. The van der Waals surface area contributed by atoms with Crippen LogP contribution in [0, 0.1) is 13.8 Å². The first-order valence-electron chi connectivity index (χ1n) is 5.20. The van der Waals surface area contributed by atoms with E-state index in [1.807, 2.05) is 32.9 Å². The largest absolute Gasteiger partial charge is 0.323 e. The first kappa shape index (κ1) is 10.8. The summed E-state index contributed by atoms with van der Waals surface area (Å²) in [6.07, 6.45) is 1.76. The summed E-state index contributed by atoms with van der Waals surface area (Å²) in [6.45, 7) is 5.69. The highest BCUT2D eigenvalue weighted by Gasteiger charge is 2.06. The van der Waals surface area contributed by atoms with Crippen molar-refractivity contribution in [1.82, 2.24) is 19.7 Å². The SMILES string of the molecule is Cc1nc(C)n(-c2ccc(C(C)N)nc2)n1. The van der Waals surface area contributed by atoms with E-state index in [0.717, 1.165) is 23.0 Å². The van der Waals surface area contributed by atoms with Gasteiger partial charge in [-0.15, -0.1) is 0 Å². The second kappa shape index (κ2) is 4.02. The standard InChI is InChI=1S/C11H15N5/c1-7(12)11-5-4-10(6-13-11)16-9(3)14-8(2)15-16/h4-7H,12H2,1-3H3. The van der Waals surface area contributed by atoms with Crippen LogP contribution in [0.25, 0.3) is 5.69 Å². The minimum Gasteiger partial charge on any atom is -0.323 e. The van der Waals surface area contributed by atoms with E-state index < -0.39 is 0 Å². The molecule has 0 saturated carbocycles. The maximum atomic E-state index is 5.74. The molecule has 2 rings (SSSR count). The highest BCUT2D eigenvalue weighted by atomic mass is 15.3. The van der Waals surface area contributed by atoms with Gasteiger partial charge in [-0.25, -0.2) is 9.67 Å². The first-order chi connectivity index (χ1) is 7.58. The molecule has 0 aliphatic rings. The van der Waals surface area contributed by atoms with Gasteiger partial charge in [-0.2, -0.15) is 5.10 Å². The normalized spacial score (nSPS) is 12.8. The summed E-state index contributed by atoms with van der Waals surface area (Å²) in [5.74, 6) is 1.61. The Bertz CT molecular complexity index is 484. The summed E-state index contributed by atoms with van der Waals surface area (Å²) < 4.78 is 1.77. The van der Waals surface area contributed by atoms with E-state index in [0.29, 0.717) is 0 Å². The maximum absolute atomic E-state index is 5.74. The van der Waals surface area contributed by atoms with Crippen molar-refractivity contribution in [1.29, 1.82) is 0 Å². The minimum absolute atomic E-state index is 0.0485. The lowest BCUT2D eigenvalue weighted by Gasteiger charge is -2.06. The molecule has 0 aliphatic carbocycles. The average molecular weight is 217 g/mol. The van der Waals surface area contributed by atoms with Gasteiger partial charge in [-0.3, -0.25) is 4.98 Å². The van der Waals surface area contributed by atoms with Gasteiger partial charge in [0.1, 0.15) is 11.6 Å². The third-order valence-corrected chi connectivity index (χ3v) is 2.36. The maximum Gasteiger partial charge on any atom is 0.148 e. The fourth-order valence-electron chi connectivity index (χ4n) is 1.56. The number of aryl methyl sites for hydroxylation is 2. The molecule has 5 heteroatoms. The molecule has 84 valence electrons. The van der Waals surface area contributed by atoms with Gasteiger partial charge < -0.3 is 5.73 Å². The number of nitrogens with zero attached hydrogens (tertiary/aromatic N) is 4. The highest BCUT2D eigenvalue weighted by Crippen LogP contribution is 2.11. The topological polar surface area (TPSA) is 69.6 Å². The van der Waals surface area contributed by atoms with Gasteiger partial charge in [0.05, 0.1) is 17.6 Å². The van der Waals surface area contributed by atoms with Crippen LogP contribution in [-0.2, 0) is 0 Å². The molecule has 2 aromatic heterocycles. The number of hydrogen-bond donors (Lipinski definition) is 1. The van der Waals surface area contributed by atoms with Crippen LogP contribution in [0.4, 0.5) is 0 Å². The molecular formula is C11H15N5. The van der Waals surface area contributed by atoms with Crippen molar-refractivity contribution in [3.8, 4) is 5.69 Å². The number of hydrogen-bond acceptors (Lipinski definition) is 4. The molecule has 1 atom stereocenters. The van der Waals surface area contributed by atoms with Crippen molar-refractivity contribution < 1.29 is 0 Å². The predicted molar refractivity (Wildman–Crippen MR) is 61.2 cm³/mol. The molecule has 0 spiro atoms. The smallest absolute Gasteiger partial charge is 0.148 e. The van der Waals surface area contributed by atoms with Crippen LogP contribution >= 0.6 is 0 Å². The van der Waals surface area contributed by atoms with E-state index in [1.54, 1.807) is 10.9 Å². The van der Waals surface area contributed by atoms with Crippen molar-refractivity contribution in [3.05, 3.63) is 35.7 Å². The molecule has 5 nitrogen and oxygen atoms in total. The Balaban J connectivity index is 2.38. The summed E-state index contributed by atoms with van der Waals surface area (Å²) in [6, 6.07) is 3.82. The second-order valence-electron chi connectivity index (χ2n) is 3.85. The van der Waals surface area contributed by atoms with E-state index in [4.69, 9.17) is 5.73 Å². The van der Waals surface area contributed by atoms with E-state index in [1.165, 1.54) is 0 Å². The van der Waals surface area contributed by atoms with Gasteiger partial charge in [0.2, 0.25) is 0 Å². The van der Waals surface area contributed by atoms with E-state index in [2.05, 4.69) is 15.1 Å². The highest BCUT2D eigenvalue weighted by molar-refractivity contribution is 5.30. The Labute approximate surface area is 94.3 Å². The number of nitrogens with two attached hydrogens (primary N) is 1. The van der Waals surface area contributed by atoms with Crippen molar-refractivity contribution in [2.45, 2.75) is 26.8 Å². The summed E-state index contributed by atoms with van der Waals surface area (Å²) in [5, 5.41) is 4.29. The zero-order chi connectivity index (χ0) is 11.7. The van der Waals surface area contributed by atoms with Gasteiger partial charge in [0, 0.05) is 6.04 Å². The van der Waals surface area contributed by atoms with Crippen LogP contribution in [0.2, 0.25) is 0 Å². The van der Waals surface area contributed by atoms with Crippen LogP contribution < -0.4 is 5.73 Å². The fraction of sp³-hybridized carbons (Fsp3) is 0.364. The van der Waals surface area contributed by atoms with Crippen molar-refractivity contribution in [2.75, 3.05) is 0 Å². The molecule has 0 aliphatic heterocycles. The molecule has 0 saturated heterocycles. The molecule has 2 heterocycles. The summed E-state index contributed by atoms with van der Waals surface area (Å²) >= 11 is 0.